The van der Waals surface area contributed by atoms with E-state index in [0.29, 0.717) is 19.3 Å². The van der Waals surface area contributed by atoms with Crippen LogP contribution in [0.5, 0.6) is 0 Å². The maximum Gasteiger partial charge on any atom is 0.303 e. The van der Waals surface area contributed by atoms with Gasteiger partial charge in [0.05, 0.1) is 6.10 Å². The summed E-state index contributed by atoms with van der Waals surface area (Å²) in [6.07, 6.45) is 12.6. The van der Waals surface area contributed by atoms with Crippen LogP contribution in [0.2, 0.25) is 0 Å². The number of hydrogen-bond acceptors (Lipinski definition) is 4. The quantitative estimate of drug-likeness (QED) is 0.266. The lowest BCUT2D eigenvalue weighted by Gasteiger charge is -2.16. The van der Waals surface area contributed by atoms with Gasteiger partial charge in [-0.2, -0.15) is 0 Å². The van der Waals surface area contributed by atoms with Gasteiger partial charge in [0.25, 0.3) is 0 Å². The van der Waals surface area contributed by atoms with Gasteiger partial charge in [-0.1, -0.05) is 44.1 Å². The number of carbonyl (C=O) groups excluding carboxylic acids is 2. The number of Topliss-reactive ketones (excluding diaryl/α,β-unsaturated/α-hetero) is 1. The molecule has 25 heavy (non-hydrogen) atoms. The standard InChI is InChI=1S/C20H32O5/c1-3-4-5-6-7-8-11-19(16(2)22)17(15-21)13-14-18(23)10-9-12-20(24)25/h7-8,13-15,17-19,23H,3-6,9-12H2,1-2H3,(H,24,25)/b8-7-,14-13+/t17-,18+,19+/m0/s1. The van der Waals surface area contributed by atoms with Crippen LogP contribution in [-0.2, 0) is 14.4 Å². The first-order chi connectivity index (χ1) is 11.9. The van der Waals surface area contributed by atoms with Crippen LogP contribution < -0.4 is 0 Å². The predicted molar refractivity (Wildman–Crippen MR) is 98.3 cm³/mol. The molecule has 0 aliphatic rings. The summed E-state index contributed by atoms with van der Waals surface area (Å²) >= 11 is 0. The first kappa shape index (κ1) is 23.2. The van der Waals surface area contributed by atoms with Gasteiger partial charge in [0.15, 0.2) is 0 Å². The van der Waals surface area contributed by atoms with Gasteiger partial charge >= 0.3 is 5.97 Å². The number of unbranched alkanes of at least 4 members (excludes halogenated alkanes) is 3. The summed E-state index contributed by atoms with van der Waals surface area (Å²) in [4.78, 5) is 33.7. The molecule has 0 aromatic rings. The molecule has 0 aliphatic carbocycles. The average molecular weight is 352 g/mol. The topological polar surface area (TPSA) is 91.7 Å². The number of allylic oxidation sites excluding steroid dienone is 3. The Bertz CT molecular complexity index is 453. The zero-order chi connectivity index (χ0) is 19.1. The minimum atomic E-state index is -0.899. The van der Waals surface area contributed by atoms with E-state index in [1.165, 1.54) is 19.4 Å². The molecular formula is C20H32O5. The van der Waals surface area contributed by atoms with Gasteiger partial charge in [0, 0.05) is 18.3 Å². The minimum Gasteiger partial charge on any atom is -0.481 e. The summed E-state index contributed by atoms with van der Waals surface area (Å²) in [5, 5.41) is 18.4. The van der Waals surface area contributed by atoms with Crippen molar-refractivity contribution < 1.29 is 24.6 Å². The molecule has 0 aromatic carbocycles. The van der Waals surface area contributed by atoms with Gasteiger partial charge in [-0.3, -0.25) is 9.59 Å². The lowest BCUT2D eigenvalue weighted by molar-refractivity contribution is -0.137. The van der Waals surface area contributed by atoms with E-state index in [-0.39, 0.29) is 12.2 Å². The summed E-state index contributed by atoms with van der Waals surface area (Å²) in [5.74, 6) is -1.96. The SMILES string of the molecule is CCCCC/C=C\C[C@H](C(C)=O)[C@H](C=O)/C=C/[C@H](O)CCCC(=O)O. The molecule has 0 bridgehead atoms. The van der Waals surface area contributed by atoms with Crippen molar-refractivity contribution in [3.8, 4) is 0 Å². The number of carboxylic acid groups (broad SMARTS) is 1. The molecule has 0 fully saturated rings. The van der Waals surface area contributed by atoms with E-state index in [0.717, 1.165) is 25.5 Å². The molecule has 0 aromatic heterocycles. The lowest BCUT2D eigenvalue weighted by atomic mass is 9.86. The average Bonchev–Trinajstić information content (AvgIpc) is 2.55. The van der Waals surface area contributed by atoms with Crippen LogP contribution in [0.3, 0.4) is 0 Å². The van der Waals surface area contributed by atoms with E-state index >= 15 is 0 Å². The van der Waals surface area contributed by atoms with Crippen molar-refractivity contribution in [3.05, 3.63) is 24.3 Å². The van der Waals surface area contributed by atoms with E-state index in [1.807, 2.05) is 6.08 Å². The Kier molecular flexibility index (Phi) is 13.6. The highest BCUT2D eigenvalue weighted by Gasteiger charge is 2.22. The van der Waals surface area contributed by atoms with Crippen molar-refractivity contribution in [3.63, 3.8) is 0 Å². The molecule has 2 N–H and O–H groups in total. The van der Waals surface area contributed by atoms with Crippen molar-refractivity contribution in [2.45, 2.75) is 71.3 Å². The third-order valence-corrected chi connectivity index (χ3v) is 4.12. The second-order valence-electron chi connectivity index (χ2n) is 6.37. The summed E-state index contributed by atoms with van der Waals surface area (Å²) in [5.41, 5.74) is 0. The summed E-state index contributed by atoms with van der Waals surface area (Å²) in [6, 6.07) is 0. The van der Waals surface area contributed by atoms with Crippen LogP contribution in [0.25, 0.3) is 0 Å². The molecule has 142 valence electrons. The van der Waals surface area contributed by atoms with Gasteiger partial charge in [-0.25, -0.2) is 0 Å². The molecule has 3 atom stereocenters. The molecule has 0 amide bonds. The highest BCUT2D eigenvalue weighted by Crippen LogP contribution is 2.19. The maximum absolute atomic E-state index is 11.8. The smallest absolute Gasteiger partial charge is 0.303 e. The number of carbonyl (C=O) groups is 3. The third-order valence-electron chi connectivity index (χ3n) is 4.12. The summed E-state index contributed by atoms with van der Waals surface area (Å²) < 4.78 is 0. The van der Waals surface area contributed by atoms with E-state index in [9.17, 15) is 19.5 Å². The molecule has 5 nitrogen and oxygen atoms in total. The molecule has 0 unspecified atom stereocenters. The van der Waals surface area contributed by atoms with Crippen LogP contribution >= 0.6 is 0 Å². The highest BCUT2D eigenvalue weighted by atomic mass is 16.4. The lowest BCUT2D eigenvalue weighted by Crippen LogP contribution is -2.21. The van der Waals surface area contributed by atoms with Crippen molar-refractivity contribution in [1.29, 1.82) is 0 Å². The van der Waals surface area contributed by atoms with Gasteiger partial charge in [0.2, 0.25) is 0 Å². The van der Waals surface area contributed by atoms with Crippen molar-refractivity contribution in [2.75, 3.05) is 0 Å². The van der Waals surface area contributed by atoms with Crippen molar-refractivity contribution >= 4 is 18.0 Å². The van der Waals surface area contributed by atoms with Crippen LogP contribution in [0.4, 0.5) is 0 Å². The molecule has 5 heteroatoms. The van der Waals surface area contributed by atoms with E-state index in [4.69, 9.17) is 5.11 Å². The Balaban J connectivity index is 4.54. The Labute approximate surface area is 150 Å². The summed E-state index contributed by atoms with van der Waals surface area (Å²) in [6.45, 7) is 3.62. The predicted octanol–water partition coefficient (Wildman–Crippen LogP) is 3.71. The molecule has 0 spiro atoms. The molecule has 0 saturated heterocycles. The molecule has 0 radical (unpaired) electrons. The number of aliphatic hydroxyl groups is 1. The number of hydrogen-bond donors (Lipinski definition) is 2. The Morgan fingerprint density at radius 3 is 2.36 bits per heavy atom. The monoisotopic (exact) mass is 352 g/mol. The summed E-state index contributed by atoms with van der Waals surface area (Å²) in [7, 11) is 0. The highest BCUT2D eigenvalue weighted by molar-refractivity contribution is 5.82. The zero-order valence-corrected chi connectivity index (χ0v) is 15.4. The second-order valence-corrected chi connectivity index (χ2v) is 6.37. The molecule has 0 saturated carbocycles. The number of rotatable bonds is 15. The second kappa shape index (κ2) is 14.6. The fourth-order valence-electron chi connectivity index (χ4n) is 2.56. The van der Waals surface area contributed by atoms with Crippen molar-refractivity contribution in [1.82, 2.24) is 0 Å². The first-order valence-electron chi connectivity index (χ1n) is 9.11. The molecule has 0 rings (SSSR count). The normalized spacial score (nSPS) is 15.3. The van der Waals surface area contributed by atoms with Crippen molar-refractivity contribution in [2.24, 2.45) is 11.8 Å². The Morgan fingerprint density at radius 2 is 1.80 bits per heavy atom. The number of ketones is 1. The van der Waals surface area contributed by atoms with Crippen LogP contribution in [0.1, 0.15) is 65.2 Å². The zero-order valence-electron chi connectivity index (χ0n) is 15.4. The first-order valence-corrected chi connectivity index (χ1v) is 9.11. The largest absolute Gasteiger partial charge is 0.481 e. The molecule has 0 aliphatic heterocycles. The minimum absolute atomic E-state index is 0.000899. The van der Waals surface area contributed by atoms with Gasteiger partial charge < -0.3 is 15.0 Å². The maximum atomic E-state index is 11.8. The van der Waals surface area contributed by atoms with Gasteiger partial charge in [-0.05, 0) is 39.0 Å². The van der Waals surface area contributed by atoms with Gasteiger partial charge in [-0.15, -0.1) is 0 Å². The number of aldehydes is 1. The number of aliphatic carboxylic acids is 1. The fourth-order valence-corrected chi connectivity index (χ4v) is 2.56. The van der Waals surface area contributed by atoms with Gasteiger partial charge in [0.1, 0.15) is 12.1 Å². The Morgan fingerprint density at radius 1 is 1.08 bits per heavy atom. The third kappa shape index (κ3) is 12.3. The van der Waals surface area contributed by atoms with Crippen LogP contribution in [-0.4, -0.2) is 34.4 Å². The van der Waals surface area contributed by atoms with E-state index in [2.05, 4.69) is 13.0 Å². The number of aliphatic hydroxyl groups excluding tert-OH is 1. The fraction of sp³-hybridized carbons (Fsp3) is 0.650. The Hall–Kier alpha value is -1.75. The number of carboxylic acids is 1. The molecular weight excluding hydrogens is 320 g/mol. The van der Waals surface area contributed by atoms with Crippen LogP contribution in [0.15, 0.2) is 24.3 Å². The molecule has 0 heterocycles. The van der Waals surface area contributed by atoms with E-state index < -0.39 is 23.9 Å². The van der Waals surface area contributed by atoms with Crippen LogP contribution in [0, 0.1) is 11.8 Å². The van der Waals surface area contributed by atoms with E-state index in [1.54, 1.807) is 6.08 Å².